The van der Waals surface area contributed by atoms with Crippen molar-refractivity contribution in [1.29, 1.82) is 0 Å². The summed E-state index contributed by atoms with van der Waals surface area (Å²) in [5.74, 6) is -0.879. The van der Waals surface area contributed by atoms with E-state index in [1.807, 2.05) is 0 Å². The van der Waals surface area contributed by atoms with Gasteiger partial charge >= 0.3 is 5.97 Å². The average Bonchev–Trinajstić information content (AvgIpc) is 2.54. The van der Waals surface area contributed by atoms with Crippen LogP contribution in [0.15, 0.2) is 48.5 Å². The molecule has 4 nitrogen and oxygen atoms in total. The Balaban J connectivity index is 2.12. The van der Waals surface area contributed by atoms with Crippen LogP contribution in [0.4, 0.5) is 5.69 Å². The lowest BCUT2D eigenvalue weighted by Crippen LogP contribution is -2.13. The van der Waals surface area contributed by atoms with Crippen LogP contribution in [0.2, 0.25) is 10.0 Å². The van der Waals surface area contributed by atoms with Crippen LogP contribution in [0, 0.1) is 0 Å². The van der Waals surface area contributed by atoms with Gasteiger partial charge in [0.25, 0.3) is 0 Å². The highest BCUT2D eigenvalue weighted by atomic mass is 35.5. The van der Waals surface area contributed by atoms with Gasteiger partial charge in [0.05, 0.1) is 17.9 Å². The van der Waals surface area contributed by atoms with Crippen LogP contribution < -0.4 is 5.32 Å². The highest BCUT2D eigenvalue weighted by Crippen LogP contribution is 2.22. The minimum Gasteiger partial charge on any atom is -0.462 e. The highest BCUT2D eigenvalue weighted by Gasteiger charge is 2.12. The van der Waals surface area contributed by atoms with E-state index in [2.05, 4.69) is 5.32 Å². The Labute approximate surface area is 150 Å². The van der Waals surface area contributed by atoms with E-state index in [9.17, 15) is 9.59 Å². The molecular formula is C18H15Cl2NO3. The molecule has 2 rings (SSSR count). The molecule has 0 aliphatic carbocycles. The number of hydrogen-bond acceptors (Lipinski definition) is 3. The van der Waals surface area contributed by atoms with Gasteiger partial charge in [0.1, 0.15) is 0 Å². The molecule has 0 fully saturated rings. The fraction of sp³-hybridized carbons (Fsp3) is 0.111. The van der Waals surface area contributed by atoms with E-state index in [1.165, 1.54) is 6.08 Å². The van der Waals surface area contributed by atoms with E-state index in [0.29, 0.717) is 26.9 Å². The van der Waals surface area contributed by atoms with E-state index >= 15 is 0 Å². The standard InChI is InChI=1S/C18H15Cl2NO3/c1-2-24-18(23)14-5-3-4-6-16(14)21-17(22)10-8-12-7-9-13(19)11-15(12)20/h3-11H,2H2,1H3,(H,21,22). The molecule has 24 heavy (non-hydrogen) atoms. The summed E-state index contributed by atoms with van der Waals surface area (Å²) in [7, 11) is 0. The summed E-state index contributed by atoms with van der Waals surface area (Å²) < 4.78 is 4.97. The summed E-state index contributed by atoms with van der Waals surface area (Å²) in [6, 6.07) is 11.6. The van der Waals surface area contributed by atoms with Crippen LogP contribution >= 0.6 is 23.2 Å². The van der Waals surface area contributed by atoms with Crippen LogP contribution in [-0.4, -0.2) is 18.5 Å². The van der Waals surface area contributed by atoms with Crippen molar-refractivity contribution in [2.75, 3.05) is 11.9 Å². The van der Waals surface area contributed by atoms with Crippen molar-refractivity contribution in [3.05, 3.63) is 69.7 Å². The van der Waals surface area contributed by atoms with Crippen LogP contribution in [0.5, 0.6) is 0 Å². The Morgan fingerprint density at radius 2 is 1.92 bits per heavy atom. The van der Waals surface area contributed by atoms with E-state index < -0.39 is 11.9 Å². The van der Waals surface area contributed by atoms with Gasteiger partial charge in [-0.05, 0) is 42.8 Å². The van der Waals surface area contributed by atoms with Crippen molar-refractivity contribution >= 4 is 46.8 Å². The van der Waals surface area contributed by atoms with E-state index in [4.69, 9.17) is 27.9 Å². The molecule has 0 heterocycles. The summed E-state index contributed by atoms with van der Waals surface area (Å²) in [4.78, 5) is 24.0. The zero-order chi connectivity index (χ0) is 17.5. The maximum Gasteiger partial charge on any atom is 0.340 e. The largest absolute Gasteiger partial charge is 0.462 e. The first-order valence-electron chi connectivity index (χ1n) is 7.21. The third-order valence-corrected chi connectivity index (χ3v) is 3.62. The number of nitrogens with one attached hydrogen (secondary N) is 1. The van der Waals surface area contributed by atoms with Gasteiger partial charge in [-0.3, -0.25) is 4.79 Å². The predicted octanol–water partition coefficient (Wildman–Crippen LogP) is 4.82. The number of para-hydroxylation sites is 1. The summed E-state index contributed by atoms with van der Waals surface area (Å²) in [5, 5.41) is 3.62. The minimum atomic E-state index is -0.488. The lowest BCUT2D eigenvalue weighted by atomic mass is 10.1. The maximum atomic E-state index is 12.1. The number of ether oxygens (including phenoxy) is 1. The molecule has 0 radical (unpaired) electrons. The quantitative estimate of drug-likeness (QED) is 0.611. The molecule has 0 unspecified atom stereocenters. The molecule has 0 saturated carbocycles. The van der Waals surface area contributed by atoms with E-state index in [0.717, 1.165) is 0 Å². The SMILES string of the molecule is CCOC(=O)c1ccccc1NC(=O)C=Cc1ccc(Cl)cc1Cl. The molecule has 0 aromatic heterocycles. The average molecular weight is 364 g/mol. The van der Waals surface area contributed by atoms with Crippen LogP contribution in [0.3, 0.4) is 0 Å². The number of rotatable bonds is 5. The van der Waals surface area contributed by atoms with Crippen molar-refractivity contribution < 1.29 is 14.3 Å². The molecule has 0 aliphatic rings. The van der Waals surface area contributed by atoms with Gasteiger partial charge in [0.2, 0.25) is 5.91 Å². The number of esters is 1. The van der Waals surface area contributed by atoms with Crippen LogP contribution in [-0.2, 0) is 9.53 Å². The van der Waals surface area contributed by atoms with Crippen molar-refractivity contribution in [2.45, 2.75) is 6.92 Å². The first-order valence-corrected chi connectivity index (χ1v) is 7.97. The Morgan fingerprint density at radius 3 is 2.62 bits per heavy atom. The number of halogens is 2. The van der Waals surface area contributed by atoms with Crippen molar-refractivity contribution in [2.24, 2.45) is 0 Å². The fourth-order valence-corrected chi connectivity index (χ4v) is 2.43. The monoisotopic (exact) mass is 363 g/mol. The lowest BCUT2D eigenvalue weighted by molar-refractivity contribution is -0.111. The van der Waals surface area contributed by atoms with Gasteiger partial charge in [-0.1, -0.05) is 41.4 Å². The van der Waals surface area contributed by atoms with Crippen molar-refractivity contribution in [3.63, 3.8) is 0 Å². The topological polar surface area (TPSA) is 55.4 Å². The zero-order valence-electron chi connectivity index (χ0n) is 12.9. The van der Waals surface area contributed by atoms with Gasteiger partial charge < -0.3 is 10.1 Å². The van der Waals surface area contributed by atoms with Crippen molar-refractivity contribution in [3.8, 4) is 0 Å². The number of benzene rings is 2. The Hall–Kier alpha value is -2.30. The first kappa shape index (κ1) is 18.0. The van der Waals surface area contributed by atoms with Crippen LogP contribution in [0.25, 0.3) is 6.08 Å². The molecular weight excluding hydrogens is 349 g/mol. The van der Waals surface area contributed by atoms with E-state index in [-0.39, 0.29) is 6.61 Å². The van der Waals surface area contributed by atoms with Gasteiger partial charge in [0.15, 0.2) is 0 Å². The maximum absolute atomic E-state index is 12.1. The second-order valence-corrected chi connectivity index (χ2v) is 5.60. The Bertz CT molecular complexity index is 788. The molecule has 0 bridgehead atoms. The third-order valence-electron chi connectivity index (χ3n) is 3.06. The molecule has 6 heteroatoms. The second-order valence-electron chi connectivity index (χ2n) is 4.75. The summed E-state index contributed by atoms with van der Waals surface area (Å²) >= 11 is 11.9. The van der Waals surface area contributed by atoms with Gasteiger partial charge in [-0.15, -0.1) is 0 Å². The number of amides is 1. The van der Waals surface area contributed by atoms with Crippen LogP contribution in [0.1, 0.15) is 22.8 Å². The van der Waals surface area contributed by atoms with Gasteiger partial charge in [0, 0.05) is 16.1 Å². The summed E-state index contributed by atoms with van der Waals surface area (Å²) in [5.41, 5.74) is 1.34. The number of hydrogen-bond donors (Lipinski definition) is 1. The lowest BCUT2D eigenvalue weighted by Gasteiger charge is -2.08. The van der Waals surface area contributed by atoms with Gasteiger partial charge in [-0.25, -0.2) is 4.79 Å². The Morgan fingerprint density at radius 1 is 1.17 bits per heavy atom. The minimum absolute atomic E-state index is 0.260. The number of carbonyl (C=O) groups excluding carboxylic acids is 2. The molecule has 2 aromatic carbocycles. The predicted molar refractivity (Wildman–Crippen MR) is 96.5 cm³/mol. The smallest absolute Gasteiger partial charge is 0.340 e. The summed E-state index contributed by atoms with van der Waals surface area (Å²) in [6.45, 7) is 1.98. The molecule has 1 N–H and O–H groups in total. The summed E-state index contributed by atoms with van der Waals surface area (Å²) in [6.07, 6.45) is 2.90. The molecule has 0 aliphatic heterocycles. The highest BCUT2D eigenvalue weighted by molar-refractivity contribution is 6.35. The second kappa shape index (κ2) is 8.52. The normalized spacial score (nSPS) is 10.6. The molecule has 0 saturated heterocycles. The van der Waals surface area contributed by atoms with E-state index in [1.54, 1.807) is 55.5 Å². The first-order chi connectivity index (χ1) is 11.5. The fourth-order valence-electron chi connectivity index (χ4n) is 1.96. The molecule has 124 valence electrons. The van der Waals surface area contributed by atoms with Crippen molar-refractivity contribution in [1.82, 2.24) is 0 Å². The van der Waals surface area contributed by atoms with Gasteiger partial charge in [-0.2, -0.15) is 0 Å². The third kappa shape index (κ3) is 4.85. The zero-order valence-corrected chi connectivity index (χ0v) is 14.4. The number of anilines is 1. The molecule has 0 spiro atoms. The molecule has 0 atom stereocenters. The molecule has 2 aromatic rings. The Kier molecular flexibility index (Phi) is 6.41. The molecule has 1 amide bonds. The number of carbonyl (C=O) groups is 2.